The molecular formula is C10H9ClN2O2. The molecule has 0 bridgehead atoms. The molecule has 1 unspecified atom stereocenters. The molecule has 1 aromatic carbocycles. The summed E-state index contributed by atoms with van der Waals surface area (Å²) in [6.45, 7) is 0. The van der Waals surface area contributed by atoms with E-state index >= 15 is 0 Å². The summed E-state index contributed by atoms with van der Waals surface area (Å²) in [4.78, 5) is 11.6. The molecule has 1 rings (SSSR count). The van der Waals surface area contributed by atoms with Crippen molar-refractivity contribution in [2.24, 2.45) is 5.73 Å². The molecule has 4 nitrogen and oxygen atoms in total. The summed E-state index contributed by atoms with van der Waals surface area (Å²) in [5, 5.41) is 8.92. The quantitative estimate of drug-likeness (QED) is 0.787. The minimum atomic E-state index is -1.20. The zero-order valence-corrected chi connectivity index (χ0v) is 8.78. The number of rotatable bonds is 3. The summed E-state index contributed by atoms with van der Waals surface area (Å²) in [5.74, 6) is -0.146. The molecular weight excluding hydrogens is 216 g/mol. The predicted molar refractivity (Wildman–Crippen MR) is 55.9 cm³/mol. The number of ether oxygens (including phenoxy) is 1. The number of carbonyl (C=O) groups excluding carboxylic acids is 1. The summed E-state index contributed by atoms with van der Waals surface area (Å²) in [7, 11) is 1.43. The number of nitrogens with zero attached hydrogens (tertiary/aromatic N) is 1. The lowest BCUT2D eigenvalue weighted by atomic mass is 10.0. The Morgan fingerprint density at radius 2 is 2.33 bits per heavy atom. The van der Waals surface area contributed by atoms with Crippen molar-refractivity contribution in [3.63, 3.8) is 0 Å². The molecule has 0 aliphatic heterocycles. The van der Waals surface area contributed by atoms with Crippen LogP contribution in [0.25, 0.3) is 0 Å². The van der Waals surface area contributed by atoms with Crippen LogP contribution >= 0.6 is 11.6 Å². The van der Waals surface area contributed by atoms with Crippen molar-refractivity contribution in [1.29, 1.82) is 5.26 Å². The maximum Gasteiger partial charge on any atom is 0.197 e. The van der Waals surface area contributed by atoms with Crippen molar-refractivity contribution in [2.75, 3.05) is 7.11 Å². The number of ketones is 1. The molecule has 0 aliphatic carbocycles. The van der Waals surface area contributed by atoms with Gasteiger partial charge in [-0.3, -0.25) is 4.79 Å². The molecule has 0 saturated carbocycles. The first-order valence-electron chi connectivity index (χ1n) is 4.13. The maximum atomic E-state index is 11.6. The molecule has 2 N–H and O–H groups in total. The number of hydrogen-bond donors (Lipinski definition) is 1. The van der Waals surface area contributed by atoms with Crippen LogP contribution in [0.15, 0.2) is 18.2 Å². The molecule has 15 heavy (non-hydrogen) atoms. The number of benzene rings is 1. The van der Waals surface area contributed by atoms with Gasteiger partial charge in [-0.05, 0) is 18.2 Å². The Morgan fingerprint density at radius 1 is 1.67 bits per heavy atom. The van der Waals surface area contributed by atoms with Gasteiger partial charge < -0.3 is 10.5 Å². The molecule has 0 fully saturated rings. The number of nitriles is 1. The van der Waals surface area contributed by atoms with Gasteiger partial charge in [-0.25, -0.2) is 0 Å². The lowest BCUT2D eigenvalue weighted by molar-refractivity contribution is 0.0977. The summed E-state index contributed by atoms with van der Waals surface area (Å²) < 4.78 is 4.97. The van der Waals surface area contributed by atoms with E-state index in [0.29, 0.717) is 10.8 Å². The third-order valence-electron chi connectivity index (χ3n) is 1.85. The molecule has 0 aromatic heterocycles. The van der Waals surface area contributed by atoms with Crippen LogP contribution in [-0.4, -0.2) is 18.9 Å². The highest BCUT2D eigenvalue weighted by atomic mass is 35.5. The fraction of sp³-hybridized carbons (Fsp3) is 0.200. The van der Waals surface area contributed by atoms with Gasteiger partial charge in [0.15, 0.2) is 11.8 Å². The van der Waals surface area contributed by atoms with Gasteiger partial charge in [-0.2, -0.15) is 5.26 Å². The van der Waals surface area contributed by atoms with Crippen LogP contribution in [0, 0.1) is 11.3 Å². The van der Waals surface area contributed by atoms with Gasteiger partial charge in [0, 0.05) is 5.02 Å². The molecule has 78 valence electrons. The van der Waals surface area contributed by atoms with Gasteiger partial charge in [0.25, 0.3) is 0 Å². The van der Waals surface area contributed by atoms with E-state index in [2.05, 4.69) is 0 Å². The van der Waals surface area contributed by atoms with Crippen molar-refractivity contribution in [2.45, 2.75) is 6.04 Å². The highest BCUT2D eigenvalue weighted by molar-refractivity contribution is 6.31. The fourth-order valence-electron chi connectivity index (χ4n) is 1.10. The lowest BCUT2D eigenvalue weighted by Gasteiger charge is -2.08. The minimum absolute atomic E-state index is 0.221. The van der Waals surface area contributed by atoms with Crippen LogP contribution in [0.4, 0.5) is 0 Å². The van der Waals surface area contributed by atoms with Gasteiger partial charge in [0.05, 0.1) is 18.7 Å². The maximum absolute atomic E-state index is 11.6. The van der Waals surface area contributed by atoms with Crippen molar-refractivity contribution >= 4 is 17.4 Å². The van der Waals surface area contributed by atoms with E-state index in [-0.39, 0.29) is 5.56 Å². The summed E-state index contributed by atoms with van der Waals surface area (Å²) in [5.41, 5.74) is 5.53. The Bertz CT molecular complexity index is 426. The fourth-order valence-corrected chi connectivity index (χ4v) is 1.27. The second-order valence-corrected chi connectivity index (χ2v) is 3.25. The molecule has 1 atom stereocenters. The van der Waals surface area contributed by atoms with E-state index in [1.807, 2.05) is 0 Å². The first-order chi connectivity index (χ1) is 7.10. The van der Waals surface area contributed by atoms with Crippen molar-refractivity contribution in [3.8, 4) is 11.8 Å². The molecule has 5 heteroatoms. The van der Waals surface area contributed by atoms with Crippen LogP contribution < -0.4 is 10.5 Å². The van der Waals surface area contributed by atoms with Gasteiger partial charge >= 0.3 is 0 Å². The minimum Gasteiger partial charge on any atom is -0.496 e. The van der Waals surface area contributed by atoms with Crippen molar-refractivity contribution in [1.82, 2.24) is 0 Å². The first kappa shape index (κ1) is 11.5. The lowest BCUT2D eigenvalue weighted by Crippen LogP contribution is -2.28. The van der Waals surface area contributed by atoms with Gasteiger partial charge in [0.1, 0.15) is 5.75 Å². The normalized spacial score (nSPS) is 11.6. The summed E-state index contributed by atoms with van der Waals surface area (Å²) in [6.07, 6.45) is 0. The zero-order chi connectivity index (χ0) is 11.4. The van der Waals surface area contributed by atoms with E-state index in [1.54, 1.807) is 18.2 Å². The highest BCUT2D eigenvalue weighted by Gasteiger charge is 2.19. The molecule has 1 aromatic rings. The molecule has 0 spiro atoms. The van der Waals surface area contributed by atoms with Gasteiger partial charge in [-0.1, -0.05) is 11.6 Å². The van der Waals surface area contributed by atoms with Crippen LogP contribution in [0.5, 0.6) is 5.75 Å². The van der Waals surface area contributed by atoms with Gasteiger partial charge in [-0.15, -0.1) is 0 Å². The molecule has 0 aliphatic rings. The Kier molecular flexibility index (Phi) is 3.67. The third-order valence-corrected chi connectivity index (χ3v) is 2.08. The van der Waals surface area contributed by atoms with Crippen LogP contribution in [0.1, 0.15) is 10.4 Å². The molecule has 0 radical (unpaired) electrons. The number of methoxy groups -OCH3 is 1. The number of hydrogen-bond acceptors (Lipinski definition) is 4. The molecule has 0 heterocycles. The number of carbonyl (C=O) groups is 1. The Hall–Kier alpha value is -1.57. The second-order valence-electron chi connectivity index (χ2n) is 2.82. The van der Waals surface area contributed by atoms with E-state index in [0.717, 1.165) is 0 Å². The average molecular weight is 225 g/mol. The SMILES string of the molecule is COc1ccc(Cl)cc1C(=O)C(N)C#N. The Balaban J connectivity index is 3.18. The monoisotopic (exact) mass is 224 g/mol. The number of nitrogens with two attached hydrogens (primary N) is 1. The van der Waals surface area contributed by atoms with Crippen molar-refractivity contribution in [3.05, 3.63) is 28.8 Å². The third kappa shape index (κ3) is 2.46. The van der Waals surface area contributed by atoms with E-state index in [4.69, 9.17) is 27.3 Å². The highest BCUT2D eigenvalue weighted by Crippen LogP contribution is 2.23. The molecule has 0 saturated heterocycles. The zero-order valence-electron chi connectivity index (χ0n) is 8.03. The second kappa shape index (κ2) is 4.78. The van der Waals surface area contributed by atoms with Crippen molar-refractivity contribution < 1.29 is 9.53 Å². The largest absolute Gasteiger partial charge is 0.496 e. The summed E-state index contributed by atoms with van der Waals surface area (Å²) >= 11 is 5.73. The standard InChI is InChI=1S/C10H9ClN2O2/c1-15-9-3-2-6(11)4-7(9)10(14)8(13)5-12/h2-4,8H,13H2,1H3. The number of Topliss-reactive ketones (excluding diaryl/α,β-unsaturated/α-hetero) is 1. The van der Waals surface area contributed by atoms with Crippen LogP contribution in [0.2, 0.25) is 5.02 Å². The Morgan fingerprint density at radius 3 is 2.87 bits per heavy atom. The number of halogens is 1. The van der Waals surface area contributed by atoms with Crippen LogP contribution in [-0.2, 0) is 0 Å². The average Bonchev–Trinajstić information content (AvgIpc) is 2.27. The first-order valence-corrected chi connectivity index (χ1v) is 4.51. The molecule has 0 amide bonds. The van der Waals surface area contributed by atoms with E-state index < -0.39 is 11.8 Å². The van der Waals surface area contributed by atoms with Gasteiger partial charge in [0.2, 0.25) is 0 Å². The Labute approximate surface area is 92.2 Å². The van der Waals surface area contributed by atoms with E-state index in [9.17, 15) is 4.79 Å². The topological polar surface area (TPSA) is 76.1 Å². The predicted octanol–water partition coefficient (Wildman–Crippen LogP) is 1.38. The van der Waals surface area contributed by atoms with Crippen LogP contribution in [0.3, 0.4) is 0 Å². The smallest absolute Gasteiger partial charge is 0.197 e. The summed E-state index contributed by atoms with van der Waals surface area (Å²) in [6, 6.07) is 5.04. The van der Waals surface area contributed by atoms with E-state index in [1.165, 1.54) is 13.2 Å².